The fraction of sp³-hybridized carbons (Fsp3) is 0.200. The number of hydrogen-bond acceptors (Lipinski definition) is 4. The molecule has 0 unspecified atom stereocenters. The highest BCUT2D eigenvalue weighted by Crippen LogP contribution is 2.17. The van der Waals surface area contributed by atoms with E-state index in [0.29, 0.717) is 22.5 Å². The smallest absolute Gasteiger partial charge is 0.226 e. The molecule has 6 nitrogen and oxygen atoms in total. The Morgan fingerprint density at radius 1 is 1.00 bits per heavy atom. The van der Waals surface area contributed by atoms with Crippen LogP contribution in [0.1, 0.15) is 36.2 Å². The van der Waals surface area contributed by atoms with Crippen LogP contribution in [0.15, 0.2) is 48.5 Å². The van der Waals surface area contributed by atoms with Crippen LogP contribution in [0.4, 0.5) is 11.4 Å². The number of rotatable bonds is 6. The van der Waals surface area contributed by atoms with Crippen LogP contribution in [-0.4, -0.2) is 24.1 Å². The molecule has 6 heteroatoms. The number of carbonyl (C=O) groups excluding carboxylic acids is 3. The van der Waals surface area contributed by atoms with Gasteiger partial charge in [0.25, 0.3) is 0 Å². The number of amides is 2. The van der Waals surface area contributed by atoms with E-state index in [1.165, 1.54) is 18.7 Å². The van der Waals surface area contributed by atoms with Crippen molar-refractivity contribution < 1.29 is 14.4 Å². The second kappa shape index (κ2) is 8.58. The summed E-state index contributed by atoms with van der Waals surface area (Å²) < 4.78 is 0. The molecule has 0 saturated heterocycles. The predicted octanol–water partition coefficient (Wildman–Crippen LogP) is 3.14. The van der Waals surface area contributed by atoms with E-state index in [1.54, 1.807) is 48.5 Å². The van der Waals surface area contributed by atoms with Gasteiger partial charge >= 0.3 is 0 Å². The lowest BCUT2D eigenvalue weighted by molar-refractivity contribution is -0.117. The van der Waals surface area contributed by atoms with Crippen LogP contribution in [0.3, 0.4) is 0 Å². The van der Waals surface area contributed by atoms with E-state index in [0.717, 1.165) is 0 Å². The fourth-order valence-corrected chi connectivity index (χ4v) is 2.41. The molecular weight excluding hydrogens is 330 g/mol. The van der Waals surface area contributed by atoms with Crippen molar-refractivity contribution in [2.45, 2.75) is 20.3 Å². The van der Waals surface area contributed by atoms with Gasteiger partial charge in [-0.05, 0) is 55.5 Å². The van der Waals surface area contributed by atoms with E-state index in [-0.39, 0.29) is 30.6 Å². The number of carbonyl (C=O) groups is 3. The monoisotopic (exact) mass is 349 g/mol. The van der Waals surface area contributed by atoms with Crippen molar-refractivity contribution in [2.24, 2.45) is 0 Å². The maximum atomic E-state index is 12.1. The minimum atomic E-state index is -0.235. The highest BCUT2D eigenvalue weighted by molar-refractivity contribution is 5.97. The molecule has 26 heavy (non-hydrogen) atoms. The number of hydrogen-bond donors (Lipinski definition) is 1. The molecule has 0 bridgehead atoms. The number of nitrogens with zero attached hydrogens (tertiary/aromatic N) is 2. The lowest BCUT2D eigenvalue weighted by Crippen LogP contribution is -2.32. The van der Waals surface area contributed by atoms with E-state index in [2.05, 4.69) is 5.32 Å². The molecule has 0 atom stereocenters. The molecule has 2 aromatic rings. The quantitative estimate of drug-likeness (QED) is 0.811. The summed E-state index contributed by atoms with van der Waals surface area (Å²) in [5.41, 5.74) is 2.30. The number of nitrogens with one attached hydrogen (secondary N) is 1. The Balaban J connectivity index is 1.99. The minimum absolute atomic E-state index is 0.0484. The van der Waals surface area contributed by atoms with Crippen LogP contribution in [0.25, 0.3) is 0 Å². The topological polar surface area (TPSA) is 90.3 Å². The van der Waals surface area contributed by atoms with Crippen LogP contribution >= 0.6 is 0 Å². The van der Waals surface area contributed by atoms with Gasteiger partial charge in [0.2, 0.25) is 11.8 Å². The van der Waals surface area contributed by atoms with Gasteiger partial charge in [0, 0.05) is 36.8 Å². The number of benzene rings is 2. The lowest BCUT2D eigenvalue weighted by Gasteiger charge is -2.21. The number of ketones is 1. The highest BCUT2D eigenvalue weighted by Gasteiger charge is 2.14. The van der Waals surface area contributed by atoms with Crippen molar-refractivity contribution in [3.63, 3.8) is 0 Å². The van der Waals surface area contributed by atoms with Crippen molar-refractivity contribution in [3.8, 4) is 6.07 Å². The summed E-state index contributed by atoms with van der Waals surface area (Å²) in [5, 5.41) is 11.5. The molecule has 2 aromatic carbocycles. The van der Waals surface area contributed by atoms with E-state index in [9.17, 15) is 14.4 Å². The second-order valence-corrected chi connectivity index (χ2v) is 5.76. The van der Waals surface area contributed by atoms with Gasteiger partial charge in [-0.2, -0.15) is 5.26 Å². The zero-order valence-corrected chi connectivity index (χ0v) is 14.7. The summed E-state index contributed by atoms with van der Waals surface area (Å²) in [5.74, 6) is -0.471. The van der Waals surface area contributed by atoms with Crippen molar-refractivity contribution in [3.05, 3.63) is 59.7 Å². The largest absolute Gasteiger partial charge is 0.326 e. The SMILES string of the molecule is CC(=O)c1ccc(N(CCC(=O)Nc2ccc(C#N)cc2)C(C)=O)cc1. The van der Waals surface area contributed by atoms with Crippen molar-refractivity contribution in [2.75, 3.05) is 16.8 Å². The van der Waals surface area contributed by atoms with E-state index < -0.39 is 0 Å². The molecule has 0 radical (unpaired) electrons. The number of anilines is 2. The third-order valence-electron chi connectivity index (χ3n) is 3.83. The summed E-state index contributed by atoms with van der Waals surface area (Å²) in [7, 11) is 0. The fourth-order valence-electron chi connectivity index (χ4n) is 2.41. The third kappa shape index (κ3) is 5.02. The normalized spacial score (nSPS) is 9.88. The molecule has 0 fully saturated rings. The first kappa shape index (κ1) is 18.9. The van der Waals surface area contributed by atoms with Gasteiger partial charge in [-0.25, -0.2) is 0 Å². The van der Waals surface area contributed by atoms with Gasteiger partial charge in [0.15, 0.2) is 5.78 Å². The van der Waals surface area contributed by atoms with E-state index in [1.807, 2.05) is 6.07 Å². The van der Waals surface area contributed by atoms with Crippen molar-refractivity contribution in [1.29, 1.82) is 5.26 Å². The van der Waals surface area contributed by atoms with Crippen molar-refractivity contribution in [1.82, 2.24) is 0 Å². The molecule has 2 amide bonds. The molecule has 0 saturated carbocycles. The molecule has 0 aliphatic carbocycles. The zero-order chi connectivity index (χ0) is 19.1. The molecule has 0 aliphatic heterocycles. The zero-order valence-electron chi connectivity index (χ0n) is 14.7. The van der Waals surface area contributed by atoms with E-state index >= 15 is 0 Å². The minimum Gasteiger partial charge on any atom is -0.326 e. The number of nitriles is 1. The van der Waals surface area contributed by atoms with Crippen LogP contribution < -0.4 is 10.2 Å². The molecule has 0 spiro atoms. The Labute approximate surface area is 152 Å². The summed E-state index contributed by atoms with van der Waals surface area (Å²) in [6, 6.07) is 15.3. The Morgan fingerprint density at radius 3 is 2.12 bits per heavy atom. The number of Topliss-reactive ketones (excluding diaryl/α,β-unsaturated/α-hetero) is 1. The Morgan fingerprint density at radius 2 is 1.62 bits per heavy atom. The second-order valence-electron chi connectivity index (χ2n) is 5.76. The molecule has 1 N–H and O–H groups in total. The van der Waals surface area contributed by atoms with Gasteiger partial charge in [-0.15, -0.1) is 0 Å². The maximum absolute atomic E-state index is 12.1. The van der Waals surface area contributed by atoms with Gasteiger partial charge in [0.05, 0.1) is 11.6 Å². The van der Waals surface area contributed by atoms with Crippen molar-refractivity contribution >= 4 is 29.0 Å². The Bertz CT molecular complexity index is 849. The lowest BCUT2D eigenvalue weighted by atomic mass is 10.1. The molecule has 132 valence electrons. The molecule has 0 aliphatic rings. The van der Waals surface area contributed by atoms with Gasteiger partial charge in [-0.3, -0.25) is 14.4 Å². The molecular formula is C20H19N3O3. The summed E-state index contributed by atoms with van der Waals surface area (Å²) in [4.78, 5) is 36.8. The maximum Gasteiger partial charge on any atom is 0.226 e. The first-order chi connectivity index (χ1) is 12.4. The third-order valence-corrected chi connectivity index (χ3v) is 3.83. The first-order valence-corrected chi connectivity index (χ1v) is 8.10. The first-order valence-electron chi connectivity index (χ1n) is 8.10. The summed E-state index contributed by atoms with van der Waals surface area (Å²) in [6.45, 7) is 3.12. The average molecular weight is 349 g/mol. The van der Waals surface area contributed by atoms with Gasteiger partial charge in [-0.1, -0.05) is 0 Å². The summed E-state index contributed by atoms with van der Waals surface area (Å²) in [6.07, 6.45) is 0.119. The molecule has 2 rings (SSSR count). The van der Waals surface area contributed by atoms with Crippen LogP contribution in [0, 0.1) is 11.3 Å². The summed E-state index contributed by atoms with van der Waals surface area (Å²) >= 11 is 0. The molecule has 0 aromatic heterocycles. The van der Waals surface area contributed by atoms with E-state index in [4.69, 9.17) is 5.26 Å². The van der Waals surface area contributed by atoms with Crippen LogP contribution in [0.5, 0.6) is 0 Å². The highest BCUT2D eigenvalue weighted by atomic mass is 16.2. The standard InChI is InChI=1S/C20H19N3O3/c1-14(24)17-5-9-19(10-6-17)23(15(2)25)12-11-20(26)22-18-7-3-16(13-21)4-8-18/h3-10H,11-12H2,1-2H3,(H,22,26). The van der Waals surface area contributed by atoms with Gasteiger partial charge < -0.3 is 10.2 Å². The van der Waals surface area contributed by atoms with Gasteiger partial charge in [0.1, 0.15) is 0 Å². The van der Waals surface area contributed by atoms with Crippen LogP contribution in [-0.2, 0) is 9.59 Å². The Kier molecular flexibility index (Phi) is 6.23. The predicted molar refractivity (Wildman–Crippen MR) is 98.9 cm³/mol. The molecule has 0 heterocycles. The Hall–Kier alpha value is -3.46. The average Bonchev–Trinajstić information content (AvgIpc) is 2.62. The van der Waals surface area contributed by atoms with Crippen LogP contribution in [0.2, 0.25) is 0 Å².